The summed E-state index contributed by atoms with van der Waals surface area (Å²) in [5.74, 6) is 3.98. The Hall–Kier alpha value is -0.0800. The summed E-state index contributed by atoms with van der Waals surface area (Å²) in [5.41, 5.74) is 0.642. The molecule has 2 nitrogen and oxygen atoms in total. The van der Waals surface area contributed by atoms with Crippen molar-refractivity contribution < 1.29 is 4.74 Å². The number of hydrogen-bond acceptors (Lipinski definition) is 2. The van der Waals surface area contributed by atoms with E-state index in [2.05, 4.69) is 12.2 Å². The number of ether oxygens (including phenoxy) is 1. The molecule has 0 aromatic rings. The average molecular weight is 263 g/mol. The SMILES string of the molecule is CCNC(C1CCOC1)C12CC3CC(CC(C3)C1)C2. The van der Waals surface area contributed by atoms with Crippen molar-refractivity contribution in [2.45, 2.75) is 57.9 Å². The van der Waals surface area contributed by atoms with E-state index in [1.807, 2.05) is 0 Å². The van der Waals surface area contributed by atoms with E-state index in [-0.39, 0.29) is 0 Å². The van der Waals surface area contributed by atoms with Crippen LogP contribution in [0.15, 0.2) is 0 Å². The molecule has 1 saturated heterocycles. The first-order chi connectivity index (χ1) is 9.29. The molecule has 2 unspecified atom stereocenters. The molecule has 5 aliphatic rings. The van der Waals surface area contributed by atoms with Gasteiger partial charge in [0.15, 0.2) is 0 Å². The van der Waals surface area contributed by atoms with Crippen molar-refractivity contribution in [2.75, 3.05) is 19.8 Å². The highest BCUT2D eigenvalue weighted by atomic mass is 16.5. The molecule has 108 valence electrons. The number of hydrogen-bond donors (Lipinski definition) is 1. The van der Waals surface area contributed by atoms with Gasteiger partial charge in [-0.15, -0.1) is 0 Å². The molecular weight excluding hydrogens is 234 g/mol. The lowest BCUT2D eigenvalue weighted by molar-refractivity contribution is -0.0849. The van der Waals surface area contributed by atoms with Gasteiger partial charge in [-0.05, 0) is 74.7 Å². The van der Waals surface area contributed by atoms with Crippen LogP contribution in [0.3, 0.4) is 0 Å². The molecule has 2 heteroatoms. The Balaban J connectivity index is 1.60. The maximum absolute atomic E-state index is 5.71. The van der Waals surface area contributed by atoms with Crippen molar-refractivity contribution in [1.82, 2.24) is 5.32 Å². The molecule has 1 heterocycles. The van der Waals surface area contributed by atoms with E-state index in [0.29, 0.717) is 5.41 Å². The van der Waals surface area contributed by atoms with Gasteiger partial charge in [-0.3, -0.25) is 0 Å². The van der Waals surface area contributed by atoms with Crippen molar-refractivity contribution in [3.05, 3.63) is 0 Å². The van der Waals surface area contributed by atoms with Crippen LogP contribution < -0.4 is 5.32 Å². The molecule has 0 aromatic heterocycles. The van der Waals surface area contributed by atoms with E-state index in [1.165, 1.54) is 25.7 Å². The van der Waals surface area contributed by atoms with Crippen molar-refractivity contribution >= 4 is 0 Å². The lowest BCUT2D eigenvalue weighted by Crippen LogP contribution is -2.58. The molecule has 5 rings (SSSR count). The molecular formula is C17H29NO. The van der Waals surface area contributed by atoms with Gasteiger partial charge in [-0.1, -0.05) is 6.92 Å². The minimum Gasteiger partial charge on any atom is -0.381 e. The van der Waals surface area contributed by atoms with Crippen molar-refractivity contribution in [3.8, 4) is 0 Å². The summed E-state index contributed by atoms with van der Waals surface area (Å²) < 4.78 is 5.71. The molecule has 4 bridgehead atoms. The highest BCUT2D eigenvalue weighted by Crippen LogP contribution is 2.62. The fraction of sp³-hybridized carbons (Fsp3) is 1.00. The van der Waals surface area contributed by atoms with Gasteiger partial charge in [0, 0.05) is 18.6 Å². The van der Waals surface area contributed by atoms with E-state index in [4.69, 9.17) is 4.74 Å². The third-order valence-corrected chi connectivity index (χ3v) is 6.61. The van der Waals surface area contributed by atoms with Crippen LogP contribution in [-0.2, 0) is 4.74 Å². The Morgan fingerprint density at radius 1 is 1.11 bits per heavy atom. The quantitative estimate of drug-likeness (QED) is 0.841. The van der Waals surface area contributed by atoms with Gasteiger partial charge in [-0.2, -0.15) is 0 Å². The average Bonchev–Trinajstić information content (AvgIpc) is 2.87. The van der Waals surface area contributed by atoms with Crippen LogP contribution in [0.2, 0.25) is 0 Å². The zero-order valence-electron chi connectivity index (χ0n) is 12.4. The van der Waals surface area contributed by atoms with Crippen LogP contribution in [0.1, 0.15) is 51.9 Å². The molecule has 0 aromatic carbocycles. The Morgan fingerprint density at radius 3 is 2.21 bits per heavy atom. The summed E-state index contributed by atoms with van der Waals surface area (Å²) in [5, 5.41) is 3.90. The Kier molecular flexibility index (Phi) is 3.15. The minimum absolute atomic E-state index is 0.642. The van der Waals surface area contributed by atoms with E-state index < -0.39 is 0 Å². The Bertz CT molecular complexity index is 299. The van der Waals surface area contributed by atoms with Gasteiger partial charge in [-0.25, -0.2) is 0 Å². The summed E-state index contributed by atoms with van der Waals surface area (Å²) in [4.78, 5) is 0. The second kappa shape index (κ2) is 4.73. The minimum atomic E-state index is 0.642. The van der Waals surface area contributed by atoms with Crippen LogP contribution in [0.4, 0.5) is 0 Å². The van der Waals surface area contributed by atoms with E-state index in [0.717, 1.165) is 49.5 Å². The van der Waals surface area contributed by atoms with Crippen molar-refractivity contribution in [3.63, 3.8) is 0 Å². The molecule has 2 atom stereocenters. The summed E-state index contributed by atoms with van der Waals surface area (Å²) in [7, 11) is 0. The number of nitrogens with one attached hydrogen (secondary N) is 1. The first-order valence-electron chi connectivity index (χ1n) is 8.60. The van der Waals surface area contributed by atoms with Gasteiger partial charge in [0.1, 0.15) is 0 Å². The molecule has 4 aliphatic carbocycles. The Labute approximate surface area is 117 Å². The second-order valence-electron chi connectivity index (χ2n) is 7.94. The summed E-state index contributed by atoms with van der Waals surface area (Å²) >= 11 is 0. The summed E-state index contributed by atoms with van der Waals surface area (Å²) in [6.45, 7) is 5.42. The first kappa shape index (κ1) is 12.6. The van der Waals surface area contributed by atoms with Gasteiger partial charge in [0.05, 0.1) is 6.61 Å². The van der Waals surface area contributed by atoms with Gasteiger partial charge < -0.3 is 10.1 Å². The Morgan fingerprint density at radius 2 is 1.74 bits per heavy atom. The van der Waals surface area contributed by atoms with Gasteiger partial charge in [0.25, 0.3) is 0 Å². The lowest BCUT2D eigenvalue weighted by atomic mass is 9.46. The predicted octanol–water partition coefficient (Wildman–Crippen LogP) is 3.22. The zero-order chi connectivity index (χ0) is 12.9. The molecule has 5 fully saturated rings. The van der Waals surface area contributed by atoms with E-state index in [9.17, 15) is 0 Å². The molecule has 19 heavy (non-hydrogen) atoms. The molecule has 0 spiro atoms. The summed E-state index contributed by atoms with van der Waals surface area (Å²) in [6, 6.07) is 0.744. The lowest BCUT2D eigenvalue weighted by Gasteiger charge is -2.60. The molecule has 4 saturated carbocycles. The van der Waals surface area contributed by atoms with Crippen LogP contribution in [0.5, 0.6) is 0 Å². The maximum Gasteiger partial charge on any atom is 0.0510 e. The largest absolute Gasteiger partial charge is 0.381 e. The smallest absolute Gasteiger partial charge is 0.0510 e. The van der Waals surface area contributed by atoms with Crippen LogP contribution in [-0.4, -0.2) is 25.8 Å². The highest BCUT2D eigenvalue weighted by molar-refractivity contribution is 5.07. The fourth-order valence-corrected chi connectivity index (χ4v) is 6.48. The van der Waals surface area contributed by atoms with Crippen LogP contribution >= 0.6 is 0 Å². The highest BCUT2D eigenvalue weighted by Gasteiger charge is 2.55. The molecule has 1 aliphatic heterocycles. The third kappa shape index (κ3) is 2.06. The van der Waals surface area contributed by atoms with Crippen molar-refractivity contribution in [2.24, 2.45) is 29.1 Å². The second-order valence-corrected chi connectivity index (χ2v) is 7.94. The van der Waals surface area contributed by atoms with E-state index >= 15 is 0 Å². The topological polar surface area (TPSA) is 21.3 Å². The van der Waals surface area contributed by atoms with Crippen LogP contribution in [0, 0.1) is 29.1 Å². The van der Waals surface area contributed by atoms with Crippen LogP contribution in [0.25, 0.3) is 0 Å². The number of rotatable bonds is 4. The van der Waals surface area contributed by atoms with Crippen molar-refractivity contribution in [1.29, 1.82) is 0 Å². The standard InChI is InChI=1S/C17H29NO/c1-2-18-16(15-3-4-19-11-15)17-8-12-5-13(9-17)7-14(6-12)10-17/h12-16,18H,2-11H2,1H3. The summed E-state index contributed by atoms with van der Waals surface area (Å²) in [6.07, 6.45) is 10.5. The molecule has 0 radical (unpaired) electrons. The molecule has 0 amide bonds. The zero-order valence-corrected chi connectivity index (χ0v) is 12.4. The normalized spacial score (nSPS) is 49.7. The fourth-order valence-electron chi connectivity index (χ4n) is 6.48. The van der Waals surface area contributed by atoms with Gasteiger partial charge in [0.2, 0.25) is 0 Å². The first-order valence-corrected chi connectivity index (χ1v) is 8.60. The van der Waals surface area contributed by atoms with E-state index in [1.54, 1.807) is 19.3 Å². The van der Waals surface area contributed by atoms with Gasteiger partial charge >= 0.3 is 0 Å². The maximum atomic E-state index is 5.71. The molecule has 1 N–H and O–H groups in total. The monoisotopic (exact) mass is 263 g/mol. The predicted molar refractivity (Wildman–Crippen MR) is 77.0 cm³/mol. The third-order valence-electron chi connectivity index (χ3n) is 6.61.